The SMILES string of the molecule is CNCCCn1ccnc1-c1cc(Cl)cc(Br)c1. The Morgan fingerprint density at radius 1 is 1.39 bits per heavy atom. The van der Waals surface area contributed by atoms with Gasteiger partial charge in [0.15, 0.2) is 0 Å². The molecule has 0 spiro atoms. The number of rotatable bonds is 5. The number of benzene rings is 1. The summed E-state index contributed by atoms with van der Waals surface area (Å²) in [6, 6.07) is 5.84. The summed E-state index contributed by atoms with van der Waals surface area (Å²) >= 11 is 9.52. The molecule has 96 valence electrons. The molecule has 0 aliphatic heterocycles. The van der Waals surface area contributed by atoms with Crippen LogP contribution in [0.25, 0.3) is 11.4 Å². The quantitative estimate of drug-likeness (QED) is 0.850. The maximum atomic E-state index is 6.07. The van der Waals surface area contributed by atoms with E-state index in [1.54, 1.807) is 0 Å². The molecular formula is C13H15BrClN3. The normalized spacial score (nSPS) is 10.8. The fraction of sp³-hybridized carbons (Fsp3) is 0.308. The van der Waals surface area contributed by atoms with Crippen molar-refractivity contribution in [2.45, 2.75) is 13.0 Å². The lowest BCUT2D eigenvalue weighted by atomic mass is 10.2. The maximum absolute atomic E-state index is 6.07. The fourth-order valence-corrected chi connectivity index (χ4v) is 2.72. The van der Waals surface area contributed by atoms with Gasteiger partial charge < -0.3 is 9.88 Å². The molecule has 0 aliphatic rings. The Morgan fingerprint density at radius 2 is 2.22 bits per heavy atom. The van der Waals surface area contributed by atoms with Crippen molar-refractivity contribution in [3.8, 4) is 11.4 Å². The Labute approximate surface area is 120 Å². The topological polar surface area (TPSA) is 29.9 Å². The lowest BCUT2D eigenvalue weighted by Gasteiger charge is -2.08. The van der Waals surface area contributed by atoms with Crippen molar-refractivity contribution >= 4 is 27.5 Å². The predicted molar refractivity (Wildman–Crippen MR) is 78.9 cm³/mol. The van der Waals surface area contributed by atoms with Gasteiger partial charge in [-0.05, 0) is 38.2 Å². The second-order valence-corrected chi connectivity index (χ2v) is 5.41. The van der Waals surface area contributed by atoms with Crippen LogP contribution in [0.15, 0.2) is 35.1 Å². The van der Waals surface area contributed by atoms with E-state index in [-0.39, 0.29) is 0 Å². The van der Waals surface area contributed by atoms with Crippen molar-refractivity contribution in [3.63, 3.8) is 0 Å². The highest BCUT2D eigenvalue weighted by molar-refractivity contribution is 9.10. The van der Waals surface area contributed by atoms with Crippen LogP contribution in [0.3, 0.4) is 0 Å². The van der Waals surface area contributed by atoms with Crippen molar-refractivity contribution in [2.75, 3.05) is 13.6 Å². The number of nitrogens with one attached hydrogen (secondary N) is 1. The molecule has 5 heteroatoms. The summed E-state index contributed by atoms with van der Waals surface area (Å²) in [6.07, 6.45) is 4.89. The van der Waals surface area contributed by atoms with Gasteiger partial charge in [-0.2, -0.15) is 0 Å². The molecule has 0 atom stereocenters. The summed E-state index contributed by atoms with van der Waals surface area (Å²) < 4.78 is 3.12. The van der Waals surface area contributed by atoms with Gasteiger partial charge in [0, 0.05) is 34.0 Å². The van der Waals surface area contributed by atoms with E-state index >= 15 is 0 Å². The van der Waals surface area contributed by atoms with Crippen LogP contribution in [-0.4, -0.2) is 23.1 Å². The van der Waals surface area contributed by atoms with Gasteiger partial charge in [0.05, 0.1) is 0 Å². The van der Waals surface area contributed by atoms with E-state index in [2.05, 4.69) is 30.8 Å². The van der Waals surface area contributed by atoms with Gasteiger partial charge in [0.2, 0.25) is 0 Å². The largest absolute Gasteiger partial charge is 0.331 e. The number of hydrogen-bond acceptors (Lipinski definition) is 2. The Kier molecular flexibility index (Phi) is 4.80. The third-order valence-electron chi connectivity index (χ3n) is 2.66. The van der Waals surface area contributed by atoms with Gasteiger partial charge >= 0.3 is 0 Å². The first-order chi connectivity index (χ1) is 8.70. The minimum atomic E-state index is 0.712. The van der Waals surface area contributed by atoms with E-state index in [1.807, 2.05) is 37.6 Å². The van der Waals surface area contributed by atoms with Crippen LogP contribution >= 0.6 is 27.5 Å². The van der Waals surface area contributed by atoms with Crippen LogP contribution in [0.4, 0.5) is 0 Å². The molecule has 0 unspecified atom stereocenters. The third-order valence-corrected chi connectivity index (χ3v) is 3.34. The van der Waals surface area contributed by atoms with Crippen molar-refractivity contribution in [1.82, 2.24) is 14.9 Å². The van der Waals surface area contributed by atoms with Gasteiger partial charge in [0.1, 0.15) is 5.82 Å². The minimum absolute atomic E-state index is 0.712. The molecule has 0 radical (unpaired) electrons. The molecular weight excluding hydrogens is 314 g/mol. The van der Waals surface area contributed by atoms with Crippen LogP contribution in [-0.2, 0) is 6.54 Å². The van der Waals surface area contributed by atoms with E-state index in [1.165, 1.54) is 0 Å². The standard InChI is InChI=1S/C13H15BrClN3/c1-16-3-2-5-18-6-4-17-13(18)10-7-11(14)9-12(15)8-10/h4,6-9,16H,2-3,5H2,1H3. The zero-order valence-corrected chi connectivity index (χ0v) is 12.5. The van der Waals surface area contributed by atoms with E-state index in [0.717, 1.165) is 35.4 Å². The highest BCUT2D eigenvalue weighted by Crippen LogP contribution is 2.26. The smallest absolute Gasteiger partial charge is 0.139 e. The van der Waals surface area contributed by atoms with Crippen LogP contribution in [0.2, 0.25) is 5.02 Å². The van der Waals surface area contributed by atoms with Crippen molar-refractivity contribution < 1.29 is 0 Å². The van der Waals surface area contributed by atoms with E-state index in [9.17, 15) is 0 Å². The Hall–Kier alpha value is -0.840. The Balaban J connectivity index is 2.24. The molecule has 2 rings (SSSR count). The first-order valence-corrected chi connectivity index (χ1v) is 7.00. The van der Waals surface area contributed by atoms with Gasteiger partial charge in [0.25, 0.3) is 0 Å². The molecule has 0 saturated carbocycles. The highest BCUT2D eigenvalue weighted by atomic mass is 79.9. The van der Waals surface area contributed by atoms with E-state index < -0.39 is 0 Å². The van der Waals surface area contributed by atoms with Gasteiger partial charge in [-0.25, -0.2) is 4.98 Å². The monoisotopic (exact) mass is 327 g/mol. The summed E-state index contributed by atoms with van der Waals surface area (Å²) in [5.41, 5.74) is 1.03. The predicted octanol–water partition coefficient (Wildman–Crippen LogP) is 3.58. The number of imidazole rings is 1. The third kappa shape index (κ3) is 3.34. The van der Waals surface area contributed by atoms with Crippen molar-refractivity contribution in [3.05, 3.63) is 40.1 Å². The second kappa shape index (κ2) is 6.36. The number of halogens is 2. The fourth-order valence-electron chi connectivity index (χ4n) is 1.86. The Bertz CT molecular complexity index is 504. The molecule has 3 nitrogen and oxygen atoms in total. The molecule has 2 aromatic rings. The summed E-state index contributed by atoms with van der Waals surface area (Å²) in [4.78, 5) is 4.41. The molecule has 18 heavy (non-hydrogen) atoms. The number of nitrogens with zero attached hydrogens (tertiary/aromatic N) is 2. The molecule has 1 N–H and O–H groups in total. The summed E-state index contributed by atoms with van der Waals surface area (Å²) in [6.45, 7) is 1.94. The lowest BCUT2D eigenvalue weighted by molar-refractivity contribution is 0.617. The molecule has 0 amide bonds. The first kappa shape index (κ1) is 13.6. The minimum Gasteiger partial charge on any atom is -0.331 e. The average molecular weight is 329 g/mol. The summed E-state index contributed by atoms with van der Waals surface area (Å²) in [7, 11) is 1.96. The first-order valence-electron chi connectivity index (χ1n) is 5.83. The van der Waals surface area contributed by atoms with Crippen LogP contribution in [0.5, 0.6) is 0 Å². The van der Waals surface area contributed by atoms with Crippen molar-refractivity contribution in [1.29, 1.82) is 0 Å². The van der Waals surface area contributed by atoms with Crippen LogP contribution < -0.4 is 5.32 Å². The van der Waals surface area contributed by atoms with Gasteiger partial charge in [-0.15, -0.1) is 0 Å². The molecule has 1 aromatic carbocycles. The number of hydrogen-bond donors (Lipinski definition) is 1. The average Bonchev–Trinajstić information content (AvgIpc) is 2.76. The summed E-state index contributed by atoms with van der Waals surface area (Å²) in [5.74, 6) is 0.953. The van der Waals surface area contributed by atoms with Gasteiger partial charge in [-0.1, -0.05) is 27.5 Å². The summed E-state index contributed by atoms with van der Waals surface area (Å²) in [5, 5.41) is 3.86. The number of aryl methyl sites for hydroxylation is 1. The zero-order valence-electron chi connectivity index (χ0n) is 10.2. The molecule has 0 bridgehead atoms. The maximum Gasteiger partial charge on any atom is 0.139 e. The zero-order chi connectivity index (χ0) is 13.0. The lowest BCUT2D eigenvalue weighted by Crippen LogP contribution is -2.11. The molecule has 0 saturated heterocycles. The van der Waals surface area contributed by atoms with Crippen LogP contribution in [0, 0.1) is 0 Å². The second-order valence-electron chi connectivity index (χ2n) is 4.06. The van der Waals surface area contributed by atoms with E-state index in [0.29, 0.717) is 5.02 Å². The molecule has 0 aliphatic carbocycles. The highest BCUT2D eigenvalue weighted by Gasteiger charge is 2.07. The number of aromatic nitrogens is 2. The Morgan fingerprint density at radius 3 is 2.94 bits per heavy atom. The van der Waals surface area contributed by atoms with Crippen LogP contribution in [0.1, 0.15) is 6.42 Å². The van der Waals surface area contributed by atoms with E-state index in [4.69, 9.17) is 11.6 Å². The molecule has 0 fully saturated rings. The molecule has 1 aromatic heterocycles. The molecule has 1 heterocycles. The van der Waals surface area contributed by atoms with Crippen molar-refractivity contribution in [2.24, 2.45) is 0 Å². The van der Waals surface area contributed by atoms with Gasteiger partial charge in [-0.3, -0.25) is 0 Å².